The van der Waals surface area contributed by atoms with E-state index in [0.29, 0.717) is 22.9 Å². The fourth-order valence-electron chi connectivity index (χ4n) is 3.27. The lowest BCUT2D eigenvalue weighted by molar-refractivity contribution is -0.135. The molecule has 1 aliphatic carbocycles. The van der Waals surface area contributed by atoms with Gasteiger partial charge in [0.1, 0.15) is 11.8 Å². The van der Waals surface area contributed by atoms with E-state index in [1.807, 2.05) is 0 Å². The zero-order chi connectivity index (χ0) is 20.3. The first-order valence-corrected chi connectivity index (χ1v) is 9.73. The van der Waals surface area contributed by atoms with Crippen molar-refractivity contribution >= 4 is 11.6 Å². The normalized spacial score (nSPS) is 18.6. The second kappa shape index (κ2) is 8.27. The van der Waals surface area contributed by atoms with Crippen LogP contribution in [-0.2, 0) is 0 Å². The first-order chi connectivity index (χ1) is 14.1. The highest BCUT2D eigenvalue weighted by molar-refractivity contribution is 5.65. The summed E-state index contributed by atoms with van der Waals surface area (Å²) in [6.45, 7) is 2.50. The van der Waals surface area contributed by atoms with E-state index in [0.717, 1.165) is 0 Å². The Labute approximate surface area is 166 Å². The maximum atomic E-state index is 13.1. The number of H-pyrrole nitrogens is 1. The van der Waals surface area contributed by atoms with Gasteiger partial charge in [-0.3, -0.25) is 5.10 Å². The predicted molar refractivity (Wildman–Crippen MR) is 103 cm³/mol. The number of aromatic nitrogens is 6. The van der Waals surface area contributed by atoms with Crippen molar-refractivity contribution in [2.24, 2.45) is 0 Å². The third-order valence-electron chi connectivity index (χ3n) is 4.87. The van der Waals surface area contributed by atoms with Crippen LogP contribution in [0.5, 0.6) is 5.88 Å². The highest BCUT2D eigenvalue weighted by atomic mass is 19.3. The first kappa shape index (κ1) is 19.5. The average molecular weight is 406 g/mol. The molecule has 2 aliphatic rings. The summed E-state index contributed by atoms with van der Waals surface area (Å²) in [5.41, 5.74) is 1.60. The smallest absolute Gasteiger partial charge is 0.255 e. The molecule has 5 rings (SSSR count). The van der Waals surface area contributed by atoms with Crippen LogP contribution in [0.3, 0.4) is 0 Å². The molecule has 3 N–H and O–H groups in total. The molecule has 3 aromatic rings. The third kappa shape index (κ3) is 4.44. The predicted octanol–water partition coefficient (Wildman–Crippen LogP) is 2.49. The standard InChI is InChI=1S/C13H13F2N7O.C5H11N/c1-16-12-20-9-6-17-10(7-4-18-19-5-7)11(22(9)21-12)23-8-2-13(14,15)3-8;1-2-4-6-5-3-1/h4-6,8H,2-3H2,1H3,(H,16,21)(H,18,19);6H,1-5H2. The number of nitrogens with zero attached hydrogens (tertiary/aromatic N) is 5. The lowest BCUT2D eigenvalue weighted by Crippen LogP contribution is -2.43. The fourth-order valence-corrected chi connectivity index (χ4v) is 3.27. The van der Waals surface area contributed by atoms with E-state index in [4.69, 9.17) is 4.74 Å². The lowest BCUT2D eigenvalue weighted by Gasteiger charge is -2.34. The number of nitrogens with one attached hydrogen (secondary N) is 3. The van der Waals surface area contributed by atoms with Gasteiger partial charge in [0.25, 0.3) is 5.92 Å². The van der Waals surface area contributed by atoms with Crippen molar-refractivity contribution in [1.29, 1.82) is 0 Å². The summed E-state index contributed by atoms with van der Waals surface area (Å²) in [7, 11) is 1.69. The molecule has 1 aliphatic heterocycles. The van der Waals surface area contributed by atoms with Crippen LogP contribution < -0.4 is 15.4 Å². The molecule has 0 unspecified atom stereocenters. The van der Waals surface area contributed by atoms with Crippen LogP contribution in [0.25, 0.3) is 16.9 Å². The number of fused-ring (bicyclic) bond motifs is 1. The third-order valence-corrected chi connectivity index (χ3v) is 4.87. The van der Waals surface area contributed by atoms with Gasteiger partial charge in [-0.05, 0) is 25.9 Å². The Morgan fingerprint density at radius 2 is 2.00 bits per heavy atom. The summed E-state index contributed by atoms with van der Waals surface area (Å²) in [6, 6.07) is 0. The molecule has 4 heterocycles. The van der Waals surface area contributed by atoms with E-state index in [1.54, 1.807) is 25.6 Å². The fraction of sp³-hybridized carbons (Fsp3) is 0.556. The van der Waals surface area contributed by atoms with Crippen LogP contribution in [0.2, 0.25) is 0 Å². The molecular formula is C18H24F2N8O. The lowest BCUT2D eigenvalue weighted by atomic mass is 9.91. The minimum atomic E-state index is -2.67. The molecular weight excluding hydrogens is 382 g/mol. The van der Waals surface area contributed by atoms with Gasteiger partial charge in [-0.2, -0.15) is 14.6 Å². The van der Waals surface area contributed by atoms with Gasteiger partial charge in [-0.25, -0.2) is 13.8 Å². The molecule has 29 heavy (non-hydrogen) atoms. The summed E-state index contributed by atoms with van der Waals surface area (Å²) < 4.78 is 33.4. The highest BCUT2D eigenvalue weighted by Gasteiger charge is 2.47. The molecule has 3 aromatic heterocycles. The monoisotopic (exact) mass is 406 g/mol. The van der Waals surface area contributed by atoms with E-state index >= 15 is 0 Å². The Morgan fingerprint density at radius 1 is 1.21 bits per heavy atom. The number of alkyl halides is 2. The first-order valence-electron chi connectivity index (χ1n) is 9.73. The molecule has 1 saturated carbocycles. The number of anilines is 1. The number of hydrogen-bond acceptors (Lipinski definition) is 7. The largest absolute Gasteiger partial charge is 0.472 e. The summed E-state index contributed by atoms with van der Waals surface area (Å²) in [5.74, 6) is -2.00. The summed E-state index contributed by atoms with van der Waals surface area (Å²) in [6.07, 6.45) is 7.76. The van der Waals surface area contributed by atoms with Gasteiger partial charge in [-0.1, -0.05) is 6.42 Å². The average Bonchev–Trinajstić information content (AvgIpc) is 3.38. The Hall–Kier alpha value is -2.82. The number of aromatic amines is 1. The van der Waals surface area contributed by atoms with Crippen LogP contribution in [0.1, 0.15) is 32.1 Å². The second-order valence-corrected chi connectivity index (χ2v) is 7.17. The molecule has 156 valence electrons. The van der Waals surface area contributed by atoms with E-state index in [-0.39, 0.29) is 18.7 Å². The van der Waals surface area contributed by atoms with Crippen molar-refractivity contribution in [3.05, 3.63) is 18.6 Å². The summed E-state index contributed by atoms with van der Waals surface area (Å²) in [5, 5.41) is 16.9. The van der Waals surface area contributed by atoms with Gasteiger partial charge in [-0.15, -0.1) is 5.10 Å². The van der Waals surface area contributed by atoms with Crippen molar-refractivity contribution < 1.29 is 13.5 Å². The summed E-state index contributed by atoms with van der Waals surface area (Å²) in [4.78, 5) is 8.54. The van der Waals surface area contributed by atoms with Crippen LogP contribution in [0, 0.1) is 0 Å². The van der Waals surface area contributed by atoms with E-state index in [1.165, 1.54) is 36.9 Å². The molecule has 0 atom stereocenters. The Bertz CT molecular complexity index is 919. The van der Waals surface area contributed by atoms with E-state index in [9.17, 15) is 8.78 Å². The van der Waals surface area contributed by atoms with Gasteiger partial charge < -0.3 is 15.4 Å². The highest BCUT2D eigenvalue weighted by Crippen LogP contribution is 2.41. The van der Waals surface area contributed by atoms with Gasteiger partial charge in [0.05, 0.1) is 12.4 Å². The Kier molecular flexibility index (Phi) is 5.56. The zero-order valence-corrected chi connectivity index (χ0v) is 16.2. The molecule has 0 bridgehead atoms. The maximum Gasteiger partial charge on any atom is 0.255 e. The molecule has 0 aromatic carbocycles. The topological polar surface area (TPSA) is 105 Å². The molecule has 9 nitrogen and oxygen atoms in total. The maximum absolute atomic E-state index is 13.1. The minimum absolute atomic E-state index is 0.276. The molecule has 2 fully saturated rings. The molecule has 0 radical (unpaired) electrons. The van der Waals surface area contributed by atoms with Crippen LogP contribution in [0.15, 0.2) is 18.6 Å². The van der Waals surface area contributed by atoms with Crippen molar-refractivity contribution in [2.45, 2.75) is 44.1 Å². The van der Waals surface area contributed by atoms with Gasteiger partial charge in [0.15, 0.2) is 5.65 Å². The number of ether oxygens (including phenoxy) is 1. The number of hydrogen-bond donors (Lipinski definition) is 3. The van der Waals surface area contributed by atoms with Gasteiger partial charge in [0, 0.05) is 31.6 Å². The van der Waals surface area contributed by atoms with Crippen LogP contribution >= 0.6 is 0 Å². The Balaban J connectivity index is 0.000000294. The number of halogens is 2. The van der Waals surface area contributed by atoms with Crippen molar-refractivity contribution in [2.75, 3.05) is 25.5 Å². The van der Waals surface area contributed by atoms with Crippen molar-refractivity contribution in [3.63, 3.8) is 0 Å². The number of rotatable bonds is 4. The van der Waals surface area contributed by atoms with E-state index in [2.05, 4.69) is 35.9 Å². The quantitative estimate of drug-likeness (QED) is 0.611. The minimum Gasteiger partial charge on any atom is -0.472 e. The van der Waals surface area contributed by atoms with Gasteiger partial charge >= 0.3 is 0 Å². The SMILES string of the molecule is C1CCNCC1.CNc1nc2cnc(-c3cn[nH]c3)c(OC3CC(F)(F)C3)n2n1. The zero-order valence-electron chi connectivity index (χ0n) is 16.2. The molecule has 0 spiro atoms. The second-order valence-electron chi connectivity index (χ2n) is 7.17. The van der Waals surface area contributed by atoms with Crippen molar-refractivity contribution in [3.8, 4) is 17.1 Å². The van der Waals surface area contributed by atoms with Crippen molar-refractivity contribution in [1.82, 2.24) is 35.1 Å². The van der Waals surface area contributed by atoms with Gasteiger partial charge in [0.2, 0.25) is 11.8 Å². The van der Waals surface area contributed by atoms with Crippen LogP contribution in [-0.4, -0.2) is 61.9 Å². The Morgan fingerprint density at radius 3 is 2.55 bits per heavy atom. The van der Waals surface area contributed by atoms with E-state index < -0.39 is 12.0 Å². The molecule has 11 heteroatoms. The van der Waals surface area contributed by atoms with Crippen LogP contribution in [0.4, 0.5) is 14.7 Å². The summed E-state index contributed by atoms with van der Waals surface area (Å²) >= 11 is 0. The number of piperidine rings is 1. The molecule has 0 amide bonds. The molecule has 1 saturated heterocycles.